The predicted octanol–water partition coefficient (Wildman–Crippen LogP) is 6.57. The highest BCUT2D eigenvalue weighted by Gasteiger charge is 2.13. The van der Waals surface area contributed by atoms with Gasteiger partial charge in [-0.3, -0.25) is 0 Å². The molecule has 0 heterocycles. The van der Waals surface area contributed by atoms with Crippen molar-refractivity contribution in [3.05, 3.63) is 12.2 Å². The van der Waals surface area contributed by atoms with Gasteiger partial charge in [-0.05, 0) is 12.8 Å². The van der Waals surface area contributed by atoms with Crippen molar-refractivity contribution in [2.45, 2.75) is 117 Å². The summed E-state index contributed by atoms with van der Waals surface area (Å²) >= 11 is 0. The second-order valence-electron chi connectivity index (χ2n) is 7.80. The molecule has 0 aromatic carbocycles. The molecule has 3 heteroatoms. The zero-order chi connectivity index (χ0) is 18.1. The number of carboxylic acids is 1. The van der Waals surface area contributed by atoms with E-state index in [0.29, 0.717) is 0 Å². The molecule has 0 aliphatic heterocycles. The lowest BCUT2D eigenvalue weighted by molar-refractivity contribution is -0.314. The summed E-state index contributed by atoms with van der Waals surface area (Å²) in [6.45, 7) is 5.64. The lowest BCUT2D eigenvalue weighted by Gasteiger charge is -2.20. The third kappa shape index (κ3) is 17.8. The van der Waals surface area contributed by atoms with Crippen molar-refractivity contribution in [1.29, 1.82) is 0 Å². The molecule has 0 atom stereocenters. The Kier molecular flexibility index (Phi) is 19.0. The van der Waals surface area contributed by atoms with Crippen molar-refractivity contribution in [2.75, 3.05) is 0 Å². The standard InChI is InChI=1S/C22H42O2.H3N/c1-4-5-6-7-8-9-10-11-12-13-14-15-16-17-18-19-20-22(2,3)21(23)24;/h19-20H,4-18H2,1-3H3,(H,23,24);1H3. The predicted molar refractivity (Wildman–Crippen MR) is 109 cm³/mol. The van der Waals surface area contributed by atoms with E-state index in [0.717, 1.165) is 12.8 Å². The zero-order valence-electron chi connectivity index (χ0n) is 17.6. The van der Waals surface area contributed by atoms with Gasteiger partial charge in [-0.15, -0.1) is 0 Å². The van der Waals surface area contributed by atoms with Crippen LogP contribution in [-0.2, 0) is 4.79 Å². The highest BCUT2D eigenvalue weighted by atomic mass is 16.4. The van der Waals surface area contributed by atoms with E-state index in [2.05, 4.69) is 6.92 Å². The van der Waals surface area contributed by atoms with Gasteiger partial charge < -0.3 is 16.1 Å². The SMILES string of the molecule is CCCCCCCCCCCCCCCCC=CC(C)(C)C(=O)[O-].[NH4+]. The Bertz CT molecular complexity index is 324. The third-order valence-electron chi connectivity index (χ3n) is 4.78. The fraction of sp³-hybridized carbons (Fsp3) is 0.864. The maximum Gasteiger partial charge on any atom is 0.0508 e. The van der Waals surface area contributed by atoms with Gasteiger partial charge in [-0.25, -0.2) is 0 Å². The molecular weight excluding hydrogens is 310 g/mol. The van der Waals surface area contributed by atoms with Crippen molar-refractivity contribution in [3.63, 3.8) is 0 Å². The number of aliphatic carboxylic acids is 1. The van der Waals surface area contributed by atoms with Gasteiger partial charge in [0.1, 0.15) is 0 Å². The summed E-state index contributed by atoms with van der Waals surface area (Å²) in [7, 11) is 0. The number of carbonyl (C=O) groups is 1. The first kappa shape index (κ1) is 26.4. The Morgan fingerprint density at radius 2 is 1.12 bits per heavy atom. The van der Waals surface area contributed by atoms with Gasteiger partial charge in [-0.1, -0.05) is 116 Å². The molecule has 3 nitrogen and oxygen atoms in total. The van der Waals surface area contributed by atoms with Gasteiger partial charge in [0.25, 0.3) is 0 Å². The second kappa shape index (κ2) is 18.0. The zero-order valence-corrected chi connectivity index (χ0v) is 17.6. The lowest BCUT2D eigenvalue weighted by atomic mass is 9.93. The van der Waals surface area contributed by atoms with E-state index < -0.39 is 11.4 Å². The van der Waals surface area contributed by atoms with E-state index in [-0.39, 0.29) is 6.15 Å². The smallest absolute Gasteiger partial charge is 0.0508 e. The Morgan fingerprint density at radius 1 is 0.760 bits per heavy atom. The fourth-order valence-corrected chi connectivity index (χ4v) is 2.90. The minimum Gasteiger partial charge on any atom is -0.549 e. The molecule has 0 aromatic heterocycles. The van der Waals surface area contributed by atoms with Gasteiger partial charge in [-0.2, -0.15) is 0 Å². The van der Waals surface area contributed by atoms with Crippen LogP contribution < -0.4 is 11.3 Å². The number of hydrogen-bond donors (Lipinski definition) is 1. The molecule has 0 spiro atoms. The molecule has 4 N–H and O–H groups in total. The van der Waals surface area contributed by atoms with Crippen LogP contribution in [0.15, 0.2) is 12.2 Å². The van der Waals surface area contributed by atoms with Gasteiger partial charge in [0.05, 0.1) is 5.97 Å². The van der Waals surface area contributed by atoms with Crippen LogP contribution >= 0.6 is 0 Å². The monoisotopic (exact) mass is 355 g/mol. The number of rotatable bonds is 17. The fourth-order valence-electron chi connectivity index (χ4n) is 2.90. The van der Waals surface area contributed by atoms with Crippen molar-refractivity contribution in [2.24, 2.45) is 5.41 Å². The van der Waals surface area contributed by atoms with Gasteiger partial charge in [0.2, 0.25) is 0 Å². The van der Waals surface area contributed by atoms with Gasteiger partial charge >= 0.3 is 0 Å². The Labute approximate surface area is 157 Å². The molecular formula is C22H45NO2. The van der Waals surface area contributed by atoms with Gasteiger partial charge in [0, 0.05) is 5.41 Å². The summed E-state index contributed by atoms with van der Waals surface area (Å²) in [5.41, 5.74) is -0.837. The third-order valence-corrected chi connectivity index (χ3v) is 4.78. The number of unbranched alkanes of at least 4 members (excludes halogenated alkanes) is 14. The first-order valence-corrected chi connectivity index (χ1v) is 10.4. The number of allylic oxidation sites excluding steroid dienone is 1. The number of carboxylic acid groups (broad SMARTS) is 1. The second-order valence-corrected chi connectivity index (χ2v) is 7.80. The first-order chi connectivity index (χ1) is 11.5. The van der Waals surface area contributed by atoms with Crippen molar-refractivity contribution in [3.8, 4) is 0 Å². The van der Waals surface area contributed by atoms with Crippen molar-refractivity contribution < 1.29 is 9.90 Å². The average molecular weight is 356 g/mol. The number of carbonyl (C=O) groups excluding carboxylic acids is 1. The largest absolute Gasteiger partial charge is 0.549 e. The van der Waals surface area contributed by atoms with Crippen molar-refractivity contribution in [1.82, 2.24) is 6.15 Å². The molecule has 0 saturated heterocycles. The molecule has 0 saturated carbocycles. The van der Waals surface area contributed by atoms with Crippen LogP contribution in [0, 0.1) is 5.41 Å². The van der Waals surface area contributed by atoms with E-state index in [1.807, 2.05) is 6.08 Å². The summed E-state index contributed by atoms with van der Waals surface area (Å²) in [6.07, 6.45) is 23.9. The maximum atomic E-state index is 10.9. The Hall–Kier alpha value is -0.830. The number of quaternary nitrogens is 1. The number of hydrogen-bond acceptors (Lipinski definition) is 2. The molecule has 0 aromatic rings. The van der Waals surface area contributed by atoms with E-state index in [1.165, 1.54) is 83.5 Å². The van der Waals surface area contributed by atoms with E-state index in [1.54, 1.807) is 19.9 Å². The lowest BCUT2D eigenvalue weighted by Crippen LogP contribution is -2.36. The summed E-state index contributed by atoms with van der Waals surface area (Å²) in [5, 5.41) is 10.9. The summed E-state index contributed by atoms with van der Waals surface area (Å²) in [5.74, 6) is -1.00. The molecule has 0 amide bonds. The van der Waals surface area contributed by atoms with E-state index in [9.17, 15) is 9.90 Å². The normalized spacial score (nSPS) is 11.6. The summed E-state index contributed by atoms with van der Waals surface area (Å²) in [6, 6.07) is 0. The van der Waals surface area contributed by atoms with Crippen LogP contribution in [0.3, 0.4) is 0 Å². The Morgan fingerprint density at radius 3 is 1.48 bits per heavy atom. The van der Waals surface area contributed by atoms with Crippen LogP contribution in [-0.4, -0.2) is 5.97 Å². The van der Waals surface area contributed by atoms with Crippen LogP contribution in [0.1, 0.15) is 117 Å². The van der Waals surface area contributed by atoms with E-state index >= 15 is 0 Å². The molecule has 0 radical (unpaired) electrons. The van der Waals surface area contributed by atoms with Crippen LogP contribution in [0.4, 0.5) is 0 Å². The van der Waals surface area contributed by atoms with Gasteiger partial charge in [0.15, 0.2) is 0 Å². The maximum absolute atomic E-state index is 10.9. The summed E-state index contributed by atoms with van der Waals surface area (Å²) < 4.78 is 0. The first-order valence-electron chi connectivity index (χ1n) is 10.4. The van der Waals surface area contributed by atoms with Crippen molar-refractivity contribution >= 4 is 5.97 Å². The molecule has 0 aliphatic rings. The highest BCUT2D eigenvalue weighted by molar-refractivity contribution is 5.73. The molecule has 0 aliphatic carbocycles. The average Bonchev–Trinajstić information content (AvgIpc) is 2.54. The summed E-state index contributed by atoms with van der Waals surface area (Å²) in [4.78, 5) is 10.9. The van der Waals surface area contributed by atoms with Crippen LogP contribution in [0.2, 0.25) is 0 Å². The highest BCUT2D eigenvalue weighted by Crippen LogP contribution is 2.17. The molecule has 0 bridgehead atoms. The minimum atomic E-state index is -1.00. The van der Waals surface area contributed by atoms with Crippen LogP contribution in [0.5, 0.6) is 0 Å². The molecule has 0 fully saturated rings. The Balaban J connectivity index is 0. The topological polar surface area (TPSA) is 76.6 Å². The van der Waals surface area contributed by atoms with E-state index in [4.69, 9.17) is 0 Å². The molecule has 0 rings (SSSR count). The quantitative estimate of drug-likeness (QED) is 0.237. The minimum absolute atomic E-state index is 0. The van der Waals surface area contributed by atoms with Crippen LogP contribution in [0.25, 0.3) is 0 Å². The molecule has 0 unspecified atom stereocenters. The molecule has 150 valence electrons. The molecule has 25 heavy (non-hydrogen) atoms.